The van der Waals surface area contributed by atoms with Gasteiger partial charge in [-0.3, -0.25) is 0 Å². The first kappa shape index (κ1) is 7.76. The maximum absolute atomic E-state index is 9.09. The number of rotatable bonds is 1. The molecule has 54 valence electrons. The van der Waals surface area contributed by atoms with Crippen molar-refractivity contribution in [1.29, 1.82) is 0 Å². The van der Waals surface area contributed by atoms with E-state index < -0.39 is 0 Å². The summed E-state index contributed by atoms with van der Waals surface area (Å²) in [6, 6.07) is 0. The van der Waals surface area contributed by atoms with Crippen LogP contribution in [0.1, 0.15) is 25.7 Å². The average molecular weight is 164 g/mol. The van der Waals surface area contributed by atoms with E-state index in [1.807, 2.05) is 0 Å². The number of aliphatic hydroxyl groups is 1. The molecular formula is C6H12OS2. The summed E-state index contributed by atoms with van der Waals surface area (Å²) < 4.78 is 0. The lowest BCUT2D eigenvalue weighted by Gasteiger charge is -2.22. The SMILES string of the molecule is OC1CCC(SS)CC1. The van der Waals surface area contributed by atoms with Crippen LogP contribution in [0.2, 0.25) is 0 Å². The summed E-state index contributed by atoms with van der Waals surface area (Å²) in [7, 11) is 1.63. The lowest BCUT2D eigenvalue weighted by atomic mass is 9.98. The lowest BCUT2D eigenvalue weighted by molar-refractivity contribution is 0.132. The maximum atomic E-state index is 9.09. The van der Waals surface area contributed by atoms with Crippen molar-refractivity contribution in [2.75, 3.05) is 0 Å². The van der Waals surface area contributed by atoms with Crippen LogP contribution < -0.4 is 0 Å². The number of hydrogen-bond donors (Lipinski definition) is 2. The van der Waals surface area contributed by atoms with Gasteiger partial charge in [-0.1, -0.05) is 10.8 Å². The van der Waals surface area contributed by atoms with Crippen molar-refractivity contribution in [2.45, 2.75) is 37.0 Å². The largest absolute Gasteiger partial charge is 0.393 e. The Morgan fingerprint density at radius 3 is 2.22 bits per heavy atom. The van der Waals surface area contributed by atoms with Crippen LogP contribution in [0, 0.1) is 0 Å². The van der Waals surface area contributed by atoms with E-state index in [1.165, 1.54) is 0 Å². The Kier molecular flexibility index (Phi) is 3.22. The van der Waals surface area contributed by atoms with Gasteiger partial charge in [0.05, 0.1) is 6.10 Å². The number of hydrogen-bond acceptors (Lipinski definition) is 3. The third kappa shape index (κ3) is 2.40. The van der Waals surface area contributed by atoms with Gasteiger partial charge < -0.3 is 5.11 Å². The molecule has 1 aliphatic rings. The fourth-order valence-corrected chi connectivity index (χ4v) is 2.27. The monoisotopic (exact) mass is 164 g/mol. The van der Waals surface area contributed by atoms with Gasteiger partial charge in [0.2, 0.25) is 0 Å². The molecule has 1 rings (SSSR count). The van der Waals surface area contributed by atoms with Crippen LogP contribution in [-0.4, -0.2) is 16.5 Å². The van der Waals surface area contributed by atoms with Crippen LogP contribution >= 0.6 is 22.5 Å². The molecule has 3 heteroatoms. The van der Waals surface area contributed by atoms with E-state index >= 15 is 0 Å². The van der Waals surface area contributed by atoms with Crippen molar-refractivity contribution in [3.05, 3.63) is 0 Å². The van der Waals surface area contributed by atoms with Gasteiger partial charge >= 0.3 is 0 Å². The van der Waals surface area contributed by atoms with Crippen molar-refractivity contribution >= 4 is 22.5 Å². The molecule has 9 heavy (non-hydrogen) atoms. The quantitative estimate of drug-likeness (QED) is 0.456. The summed E-state index contributed by atoms with van der Waals surface area (Å²) in [5.41, 5.74) is 0. The van der Waals surface area contributed by atoms with Crippen molar-refractivity contribution in [2.24, 2.45) is 0 Å². The first-order valence-corrected chi connectivity index (χ1v) is 5.24. The highest BCUT2D eigenvalue weighted by Gasteiger charge is 2.18. The summed E-state index contributed by atoms with van der Waals surface area (Å²) >= 11 is 4.13. The second kappa shape index (κ2) is 3.74. The van der Waals surface area contributed by atoms with Crippen LogP contribution in [-0.2, 0) is 0 Å². The molecule has 0 aliphatic heterocycles. The smallest absolute Gasteiger partial charge is 0.0541 e. The van der Waals surface area contributed by atoms with Gasteiger partial charge in [-0.25, -0.2) is 0 Å². The third-order valence-electron chi connectivity index (χ3n) is 1.79. The summed E-state index contributed by atoms with van der Waals surface area (Å²) in [5.74, 6) is 0. The van der Waals surface area contributed by atoms with Crippen LogP contribution in [0.15, 0.2) is 0 Å². The Morgan fingerprint density at radius 1 is 1.22 bits per heavy atom. The Labute approximate surface area is 65.0 Å². The molecular weight excluding hydrogens is 152 g/mol. The Balaban J connectivity index is 2.18. The first-order chi connectivity index (χ1) is 4.33. The second-order valence-electron chi connectivity index (χ2n) is 2.54. The Hall–Kier alpha value is 0.660. The van der Waals surface area contributed by atoms with Crippen LogP contribution in [0.3, 0.4) is 0 Å². The van der Waals surface area contributed by atoms with Crippen LogP contribution in [0.4, 0.5) is 0 Å². The van der Waals surface area contributed by atoms with Gasteiger partial charge in [0.15, 0.2) is 0 Å². The van der Waals surface area contributed by atoms with Gasteiger partial charge in [0, 0.05) is 5.25 Å². The van der Waals surface area contributed by atoms with Crippen molar-refractivity contribution in [3.63, 3.8) is 0 Å². The minimum atomic E-state index is -0.0262. The summed E-state index contributed by atoms with van der Waals surface area (Å²) in [6.07, 6.45) is 4.18. The van der Waals surface area contributed by atoms with E-state index in [0.717, 1.165) is 25.7 Å². The summed E-state index contributed by atoms with van der Waals surface area (Å²) in [5, 5.41) is 9.78. The highest BCUT2D eigenvalue weighted by atomic mass is 33.1. The predicted molar refractivity (Wildman–Crippen MR) is 44.8 cm³/mol. The molecule has 0 unspecified atom stereocenters. The highest BCUT2D eigenvalue weighted by Crippen LogP contribution is 2.29. The fraction of sp³-hybridized carbons (Fsp3) is 1.00. The molecule has 0 amide bonds. The number of aliphatic hydroxyl groups excluding tert-OH is 1. The van der Waals surface area contributed by atoms with E-state index in [0.29, 0.717) is 5.25 Å². The molecule has 0 radical (unpaired) electrons. The van der Waals surface area contributed by atoms with E-state index in [1.54, 1.807) is 10.8 Å². The predicted octanol–water partition coefficient (Wildman–Crippen LogP) is 1.87. The summed E-state index contributed by atoms with van der Waals surface area (Å²) in [6.45, 7) is 0. The fourth-order valence-electron chi connectivity index (χ4n) is 1.15. The van der Waals surface area contributed by atoms with Crippen molar-refractivity contribution < 1.29 is 5.11 Å². The lowest BCUT2D eigenvalue weighted by Crippen LogP contribution is -2.18. The molecule has 1 nitrogen and oxygen atoms in total. The molecule has 1 fully saturated rings. The van der Waals surface area contributed by atoms with E-state index in [-0.39, 0.29) is 6.10 Å². The maximum Gasteiger partial charge on any atom is 0.0541 e. The topological polar surface area (TPSA) is 20.2 Å². The molecule has 0 saturated heterocycles. The normalized spacial score (nSPS) is 36.7. The van der Waals surface area contributed by atoms with Crippen molar-refractivity contribution in [3.8, 4) is 0 Å². The summed E-state index contributed by atoms with van der Waals surface area (Å²) in [4.78, 5) is 0. The zero-order chi connectivity index (χ0) is 6.69. The molecule has 0 heterocycles. The minimum absolute atomic E-state index is 0.0262. The third-order valence-corrected chi connectivity index (χ3v) is 3.46. The van der Waals surface area contributed by atoms with Gasteiger partial charge in [-0.2, -0.15) is 0 Å². The molecule has 0 atom stereocenters. The van der Waals surface area contributed by atoms with E-state index in [2.05, 4.69) is 11.7 Å². The number of thiol groups is 1. The molecule has 0 aromatic heterocycles. The van der Waals surface area contributed by atoms with Gasteiger partial charge in [-0.15, -0.1) is 11.7 Å². The molecule has 0 aromatic carbocycles. The van der Waals surface area contributed by atoms with E-state index in [4.69, 9.17) is 5.11 Å². The van der Waals surface area contributed by atoms with Gasteiger partial charge in [-0.05, 0) is 25.7 Å². The Morgan fingerprint density at radius 2 is 1.78 bits per heavy atom. The standard InChI is InChI=1S/C6H12OS2/c7-5-1-3-6(9-8)4-2-5/h5-8H,1-4H2. The molecule has 0 bridgehead atoms. The second-order valence-corrected chi connectivity index (χ2v) is 4.05. The first-order valence-electron chi connectivity index (χ1n) is 3.31. The van der Waals surface area contributed by atoms with Crippen LogP contribution in [0.25, 0.3) is 0 Å². The molecule has 1 aliphatic carbocycles. The average Bonchev–Trinajstić information content (AvgIpc) is 1.90. The molecule has 1 N–H and O–H groups in total. The zero-order valence-corrected chi connectivity index (χ0v) is 7.00. The highest BCUT2D eigenvalue weighted by molar-refractivity contribution is 8.68. The van der Waals surface area contributed by atoms with E-state index in [9.17, 15) is 0 Å². The molecule has 1 saturated carbocycles. The molecule has 0 aromatic rings. The Bertz CT molecular complexity index is 79.1. The van der Waals surface area contributed by atoms with Crippen LogP contribution in [0.5, 0.6) is 0 Å². The zero-order valence-electron chi connectivity index (χ0n) is 5.29. The van der Waals surface area contributed by atoms with Crippen molar-refractivity contribution in [1.82, 2.24) is 0 Å². The minimum Gasteiger partial charge on any atom is -0.393 e. The van der Waals surface area contributed by atoms with Gasteiger partial charge in [0.25, 0.3) is 0 Å². The molecule has 0 spiro atoms. The van der Waals surface area contributed by atoms with Gasteiger partial charge in [0.1, 0.15) is 0 Å².